The van der Waals surface area contributed by atoms with Crippen LogP contribution in [0.2, 0.25) is 10.0 Å². The van der Waals surface area contributed by atoms with Crippen molar-refractivity contribution in [1.82, 2.24) is 0 Å². The summed E-state index contributed by atoms with van der Waals surface area (Å²) in [6, 6.07) is 8.92. The molecule has 0 bridgehead atoms. The van der Waals surface area contributed by atoms with E-state index in [-0.39, 0.29) is 22.5 Å². The lowest BCUT2D eigenvalue weighted by Gasteiger charge is -2.23. The van der Waals surface area contributed by atoms with Gasteiger partial charge in [0.15, 0.2) is 0 Å². The predicted octanol–water partition coefficient (Wildman–Crippen LogP) is 7.16. The zero-order chi connectivity index (χ0) is 20.5. The van der Waals surface area contributed by atoms with Crippen molar-refractivity contribution in [1.29, 1.82) is 0 Å². The molecule has 0 aliphatic rings. The van der Waals surface area contributed by atoms with Gasteiger partial charge < -0.3 is 0 Å². The molecule has 6 heteroatoms. The molecule has 0 aromatic heterocycles. The van der Waals surface area contributed by atoms with Crippen LogP contribution in [0.5, 0.6) is 0 Å². The molecule has 3 nitrogen and oxygen atoms in total. The maximum absolute atomic E-state index is 13.4. The SMILES string of the molecule is CC(C)c1cc(C(C)C)c(S(=O)(=O)Nc2cccc(Cl)c2Cl)c(C(C)C)c1. The molecule has 0 amide bonds. The quantitative estimate of drug-likeness (QED) is 0.530. The van der Waals surface area contributed by atoms with Gasteiger partial charge in [-0.05, 0) is 46.6 Å². The van der Waals surface area contributed by atoms with E-state index in [2.05, 4.69) is 18.6 Å². The van der Waals surface area contributed by atoms with Gasteiger partial charge in [-0.15, -0.1) is 0 Å². The fraction of sp³-hybridized carbons (Fsp3) is 0.429. The van der Waals surface area contributed by atoms with E-state index in [4.69, 9.17) is 23.2 Å². The molecule has 0 atom stereocenters. The number of rotatable bonds is 6. The van der Waals surface area contributed by atoms with E-state index in [0.717, 1.165) is 16.7 Å². The zero-order valence-electron chi connectivity index (χ0n) is 16.6. The molecule has 148 valence electrons. The molecular formula is C21H27Cl2NO2S. The van der Waals surface area contributed by atoms with Crippen LogP contribution < -0.4 is 4.72 Å². The molecular weight excluding hydrogens is 401 g/mol. The number of benzene rings is 2. The van der Waals surface area contributed by atoms with Gasteiger partial charge in [-0.25, -0.2) is 8.42 Å². The molecule has 0 saturated heterocycles. The van der Waals surface area contributed by atoms with Crippen LogP contribution in [-0.2, 0) is 10.0 Å². The molecule has 0 heterocycles. The van der Waals surface area contributed by atoms with Gasteiger partial charge >= 0.3 is 0 Å². The summed E-state index contributed by atoms with van der Waals surface area (Å²) in [5.41, 5.74) is 3.05. The average Bonchev–Trinajstić information content (AvgIpc) is 2.57. The Kier molecular flexibility index (Phi) is 6.88. The number of nitrogens with one attached hydrogen (secondary N) is 1. The fourth-order valence-corrected chi connectivity index (χ4v) is 5.15. The summed E-state index contributed by atoms with van der Waals surface area (Å²) >= 11 is 12.2. The minimum Gasteiger partial charge on any atom is -0.278 e. The third kappa shape index (κ3) is 4.79. The van der Waals surface area contributed by atoms with Gasteiger partial charge in [-0.3, -0.25) is 4.72 Å². The molecule has 1 N–H and O–H groups in total. The molecule has 0 spiro atoms. The lowest BCUT2D eigenvalue weighted by Crippen LogP contribution is -2.19. The summed E-state index contributed by atoms with van der Waals surface area (Å²) in [4.78, 5) is 0.341. The molecule has 0 unspecified atom stereocenters. The monoisotopic (exact) mass is 427 g/mol. The number of sulfonamides is 1. The van der Waals surface area contributed by atoms with Gasteiger partial charge in [-0.1, -0.05) is 82.9 Å². The van der Waals surface area contributed by atoms with Gasteiger partial charge in [0.05, 0.1) is 20.6 Å². The normalized spacial score (nSPS) is 12.3. The van der Waals surface area contributed by atoms with Crippen LogP contribution in [0, 0.1) is 0 Å². The van der Waals surface area contributed by atoms with E-state index in [1.165, 1.54) is 0 Å². The van der Waals surface area contributed by atoms with Gasteiger partial charge in [0.25, 0.3) is 10.0 Å². The molecule has 0 radical (unpaired) electrons. The zero-order valence-corrected chi connectivity index (χ0v) is 18.9. The van der Waals surface area contributed by atoms with Crippen molar-refractivity contribution < 1.29 is 8.42 Å². The highest BCUT2D eigenvalue weighted by Gasteiger charge is 2.27. The average molecular weight is 428 g/mol. The van der Waals surface area contributed by atoms with Crippen molar-refractivity contribution in [2.24, 2.45) is 0 Å². The van der Waals surface area contributed by atoms with E-state index < -0.39 is 10.0 Å². The first kappa shape index (κ1) is 22.1. The Morgan fingerprint density at radius 1 is 0.852 bits per heavy atom. The summed E-state index contributed by atoms with van der Waals surface area (Å²) in [6.07, 6.45) is 0. The second-order valence-corrected chi connectivity index (χ2v) is 10.1. The van der Waals surface area contributed by atoms with Crippen molar-refractivity contribution in [2.45, 2.75) is 64.2 Å². The van der Waals surface area contributed by atoms with Crippen LogP contribution >= 0.6 is 23.2 Å². The first-order valence-corrected chi connectivity index (χ1v) is 11.3. The standard InChI is InChI=1S/C21H27Cl2NO2S/c1-12(2)15-10-16(13(3)4)21(17(11-15)14(5)6)27(25,26)24-19-9-7-8-18(22)20(19)23/h7-14,24H,1-6H3. The molecule has 2 aromatic rings. The second kappa shape index (κ2) is 8.42. The highest BCUT2D eigenvalue weighted by Crippen LogP contribution is 2.37. The van der Waals surface area contributed by atoms with Gasteiger partial charge in [-0.2, -0.15) is 0 Å². The lowest BCUT2D eigenvalue weighted by molar-refractivity contribution is 0.595. The summed E-state index contributed by atoms with van der Waals surface area (Å²) < 4.78 is 29.4. The molecule has 0 fully saturated rings. The van der Waals surface area contributed by atoms with E-state index in [0.29, 0.717) is 15.8 Å². The van der Waals surface area contributed by atoms with Crippen molar-refractivity contribution in [2.75, 3.05) is 4.72 Å². The first-order valence-electron chi connectivity index (χ1n) is 9.10. The van der Waals surface area contributed by atoms with Crippen LogP contribution in [0.25, 0.3) is 0 Å². The van der Waals surface area contributed by atoms with Gasteiger partial charge in [0.2, 0.25) is 0 Å². The third-order valence-electron chi connectivity index (χ3n) is 4.54. The predicted molar refractivity (Wildman–Crippen MR) is 116 cm³/mol. The summed E-state index contributed by atoms with van der Waals surface area (Å²) in [7, 11) is -3.84. The maximum Gasteiger partial charge on any atom is 0.262 e. The highest BCUT2D eigenvalue weighted by atomic mass is 35.5. The third-order valence-corrected chi connectivity index (χ3v) is 6.86. The Hall–Kier alpha value is -1.23. The summed E-state index contributed by atoms with van der Waals surface area (Å²) in [5, 5.41) is 0.499. The number of anilines is 1. The minimum absolute atomic E-state index is 0.0580. The molecule has 0 saturated carbocycles. The molecule has 2 aromatic carbocycles. The Morgan fingerprint density at radius 3 is 1.81 bits per heavy atom. The van der Waals surface area contributed by atoms with Gasteiger partial charge in [0.1, 0.15) is 0 Å². The van der Waals surface area contributed by atoms with Crippen molar-refractivity contribution >= 4 is 38.9 Å². The minimum atomic E-state index is -3.84. The number of hydrogen-bond donors (Lipinski definition) is 1. The van der Waals surface area contributed by atoms with Crippen LogP contribution in [0.4, 0.5) is 5.69 Å². The van der Waals surface area contributed by atoms with E-state index in [1.54, 1.807) is 18.2 Å². The van der Waals surface area contributed by atoms with E-state index in [1.807, 2.05) is 39.8 Å². The number of halogens is 2. The Morgan fingerprint density at radius 2 is 1.37 bits per heavy atom. The summed E-state index contributed by atoms with van der Waals surface area (Å²) in [5.74, 6) is 0.428. The molecule has 0 aliphatic heterocycles. The molecule has 0 aliphatic carbocycles. The van der Waals surface area contributed by atoms with Crippen LogP contribution in [0.1, 0.15) is 76.0 Å². The van der Waals surface area contributed by atoms with Gasteiger partial charge in [0, 0.05) is 0 Å². The fourth-order valence-electron chi connectivity index (χ4n) is 2.98. The van der Waals surface area contributed by atoms with E-state index >= 15 is 0 Å². The van der Waals surface area contributed by atoms with Crippen molar-refractivity contribution in [3.05, 3.63) is 57.1 Å². The summed E-state index contributed by atoms with van der Waals surface area (Å²) in [6.45, 7) is 12.3. The van der Waals surface area contributed by atoms with Crippen LogP contribution in [0.15, 0.2) is 35.2 Å². The molecule has 27 heavy (non-hydrogen) atoms. The Balaban J connectivity index is 2.72. The maximum atomic E-state index is 13.4. The smallest absolute Gasteiger partial charge is 0.262 e. The highest BCUT2D eigenvalue weighted by molar-refractivity contribution is 7.92. The molecule has 2 rings (SSSR count). The Labute approximate surface area is 173 Å². The topological polar surface area (TPSA) is 46.2 Å². The van der Waals surface area contributed by atoms with Crippen LogP contribution in [-0.4, -0.2) is 8.42 Å². The van der Waals surface area contributed by atoms with Crippen molar-refractivity contribution in [3.63, 3.8) is 0 Å². The Bertz CT molecular complexity index is 906. The van der Waals surface area contributed by atoms with Crippen molar-refractivity contribution in [3.8, 4) is 0 Å². The van der Waals surface area contributed by atoms with E-state index in [9.17, 15) is 8.42 Å². The second-order valence-electron chi connectivity index (χ2n) is 7.70. The number of hydrogen-bond acceptors (Lipinski definition) is 2. The largest absolute Gasteiger partial charge is 0.278 e. The van der Waals surface area contributed by atoms with Crippen LogP contribution in [0.3, 0.4) is 0 Å². The lowest BCUT2D eigenvalue weighted by atomic mass is 9.89. The first-order chi connectivity index (χ1) is 12.5.